The highest BCUT2D eigenvalue weighted by Crippen LogP contribution is 2.18. The summed E-state index contributed by atoms with van der Waals surface area (Å²) in [6, 6.07) is 8.31. The second-order valence-corrected chi connectivity index (χ2v) is 4.76. The number of nitrogens with zero attached hydrogens (tertiary/aromatic N) is 1. The summed E-state index contributed by atoms with van der Waals surface area (Å²) in [5.41, 5.74) is 1.40. The molecule has 5 heteroatoms. The van der Waals surface area contributed by atoms with Crippen molar-refractivity contribution in [2.45, 2.75) is 6.54 Å². The third-order valence-electron chi connectivity index (χ3n) is 2.22. The molecular weight excluding hydrogens is 307 g/mol. The molecule has 0 radical (unpaired) electrons. The van der Waals surface area contributed by atoms with Gasteiger partial charge in [0.15, 0.2) is 0 Å². The lowest BCUT2D eigenvalue weighted by molar-refractivity contribution is 0.612. The van der Waals surface area contributed by atoms with E-state index in [-0.39, 0.29) is 5.82 Å². The predicted molar refractivity (Wildman–Crippen MR) is 70.7 cm³/mol. The molecule has 88 valence electrons. The van der Waals surface area contributed by atoms with Crippen LogP contribution in [0.2, 0.25) is 5.15 Å². The van der Waals surface area contributed by atoms with Gasteiger partial charge in [0.2, 0.25) is 0 Å². The van der Waals surface area contributed by atoms with Gasteiger partial charge in [-0.05, 0) is 30.3 Å². The largest absolute Gasteiger partial charge is 0.381 e. The predicted octanol–water partition coefficient (Wildman–Crippen LogP) is 4.25. The third kappa shape index (κ3) is 3.41. The Morgan fingerprint density at radius 3 is 2.88 bits per heavy atom. The SMILES string of the molecule is Fc1ccc(Br)cc1CNc1ccnc(Cl)c1. The van der Waals surface area contributed by atoms with E-state index in [2.05, 4.69) is 26.2 Å². The lowest BCUT2D eigenvalue weighted by atomic mass is 10.2. The second kappa shape index (κ2) is 5.47. The zero-order valence-electron chi connectivity index (χ0n) is 8.75. The second-order valence-electron chi connectivity index (χ2n) is 3.46. The van der Waals surface area contributed by atoms with E-state index in [1.54, 1.807) is 30.5 Å². The van der Waals surface area contributed by atoms with Crippen molar-refractivity contribution >= 4 is 33.2 Å². The molecule has 0 amide bonds. The molecule has 0 aliphatic heterocycles. The fourth-order valence-electron chi connectivity index (χ4n) is 1.39. The summed E-state index contributed by atoms with van der Waals surface area (Å²) in [5, 5.41) is 3.49. The number of hydrogen-bond donors (Lipinski definition) is 1. The molecule has 1 heterocycles. The van der Waals surface area contributed by atoms with Crippen LogP contribution >= 0.6 is 27.5 Å². The fourth-order valence-corrected chi connectivity index (χ4v) is 1.97. The van der Waals surface area contributed by atoms with Crippen LogP contribution in [0.5, 0.6) is 0 Å². The molecule has 17 heavy (non-hydrogen) atoms. The molecule has 0 fully saturated rings. The van der Waals surface area contributed by atoms with Gasteiger partial charge in [-0.15, -0.1) is 0 Å². The molecule has 1 aromatic heterocycles. The van der Waals surface area contributed by atoms with Crippen molar-refractivity contribution in [3.63, 3.8) is 0 Å². The van der Waals surface area contributed by atoms with E-state index < -0.39 is 0 Å². The Hall–Kier alpha value is -1.13. The molecule has 2 rings (SSSR count). The van der Waals surface area contributed by atoms with Crippen LogP contribution in [-0.4, -0.2) is 4.98 Å². The molecule has 2 aromatic rings. The number of benzene rings is 1. The van der Waals surface area contributed by atoms with Gasteiger partial charge in [0.25, 0.3) is 0 Å². The smallest absolute Gasteiger partial charge is 0.131 e. The first-order valence-corrected chi connectivity index (χ1v) is 6.11. The zero-order valence-corrected chi connectivity index (χ0v) is 11.1. The first kappa shape index (κ1) is 12.3. The van der Waals surface area contributed by atoms with Crippen LogP contribution in [-0.2, 0) is 6.54 Å². The number of pyridine rings is 1. The number of hydrogen-bond acceptors (Lipinski definition) is 2. The summed E-state index contributed by atoms with van der Waals surface area (Å²) in [6.45, 7) is 0.394. The van der Waals surface area contributed by atoms with Crippen LogP contribution in [0.3, 0.4) is 0 Å². The van der Waals surface area contributed by atoms with Gasteiger partial charge >= 0.3 is 0 Å². The molecule has 2 nitrogen and oxygen atoms in total. The Bertz CT molecular complexity index is 534. The quantitative estimate of drug-likeness (QED) is 0.857. The van der Waals surface area contributed by atoms with Gasteiger partial charge in [0, 0.05) is 28.5 Å². The number of halogens is 3. The van der Waals surface area contributed by atoms with E-state index in [9.17, 15) is 4.39 Å². The van der Waals surface area contributed by atoms with E-state index in [1.165, 1.54) is 6.07 Å². The summed E-state index contributed by atoms with van der Waals surface area (Å²) in [4.78, 5) is 3.87. The van der Waals surface area contributed by atoms with Gasteiger partial charge in [0.1, 0.15) is 11.0 Å². The van der Waals surface area contributed by atoms with Gasteiger partial charge in [0.05, 0.1) is 0 Å². The minimum absolute atomic E-state index is 0.235. The maximum atomic E-state index is 13.5. The molecule has 0 bridgehead atoms. The highest BCUT2D eigenvalue weighted by Gasteiger charge is 2.03. The standard InChI is InChI=1S/C12H9BrClFN2/c13-9-1-2-11(15)8(5-9)7-17-10-3-4-16-12(14)6-10/h1-6H,7H2,(H,16,17). The number of rotatable bonds is 3. The van der Waals surface area contributed by atoms with Crippen molar-refractivity contribution in [3.05, 3.63) is 57.5 Å². The fraction of sp³-hybridized carbons (Fsp3) is 0.0833. The van der Waals surface area contributed by atoms with Crippen molar-refractivity contribution in [1.82, 2.24) is 4.98 Å². The summed E-state index contributed by atoms with van der Waals surface area (Å²) in [7, 11) is 0. The van der Waals surface area contributed by atoms with Gasteiger partial charge in [-0.1, -0.05) is 27.5 Å². The Morgan fingerprint density at radius 2 is 2.12 bits per heavy atom. The van der Waals surface area contributed by atoms with E-state index in [0.717, 1.165) is 10.2 Å². The molecule has 0 aliphatic rings. The van der Waals surface area contributed by atoms with Crippen LogP contribution in [0.1, 0.15) is 5.56 Å². The van der Waals surface area contributed by atoms with Gasteiger partial charge in [-0.25, -0.2) is 9.37 Å². The first-order valence-electron chi connectivity index (χ1n) is 4.94. The van der Waals surface area contributed by atoms with Crippen LogP contribution in [0.25, 0.3) is 0 Å². The summed E-state index contributed by atoms with van der Waals surface area (Å²) in [5.74, 6) is -0.235. The van der Waals surface area contributed by atoms with Crippen LogP contribution in [0.15, 0.2) is 41.0 Å². The average molecular weight is 316 g/mol. The van der Waals surface area contributed by atoms with Gasteiger partial charge in [-0.2, -0.15) is 0 Å². The normalized spacial score (nSPS) is 10.3. The van der Waals surface area contributed by atoms with Crippen molar-refractivity contribution in [3.8, 4) is 0 Å². The summed E-state index contributed by atoms with van der Waals surface area (Å²) >= 11 is 9.06. The number of aromatic nitrogens is 1. The highest BCUT2D eigenvalue weighted by molar-refractivity contribution is 9.10. The number of nitrogens with one attached hydrogen (secondary N) is 1. The average Bonchev–Trinajstić information content (AvgIpc) is 2.30. The third-order valence-corrected chi connectivity index (χ3v) is 2.92. The maximum Gasteiger partial charge on any atom is 0.131 e. The van der Waals surface area contributed by atoms with Gasteiger partial charge in [-0.3, -0.25) is 0 Å². The maximum absolute atomic E-state index is 13.5. The van der Waals surface area contributed by atoms with Crippen molar-refractivity contribution in [2.24, 2.45) is 0 Å². The zero-order chi connectivity index (χ0) is 12.3. The van der Waals surface area contributed by atoms with Crippen LogP contribution in [0.4, 0.5) is 10.1 Å². The minimum Gasteiger partial charge on any atom is -0.381 e. The molecular formula is C12H9BrClFN2. The van der Waals surface area contributed by atoms with Crippen molar-refractivity contribution in [2.75, 3.05) is 5.32 Å². The number of anilines is 1. The van der Waals surface area contributed by atoms with Crippen molar-refractivity contribution < 1.29 is 4.39 Å². The van der Waals surface area contributed by atoms with Crippen LogP contribution < -0.4 is 5.32 Å². The molecule has 0 saturated carbocycles. The summed E-state index contributed by atoms with van der Waals surface area (Å²) < 4.78 is 14.3. The lowest BCUT2D eigenvalue weighted by Gasteiger charge is -2.07. The Balaban J connectivity index is 2.09. The Kier molecular flexibility index (Phi) is 3.97. The minimum atomic E-state index is -0.235. The monoisotopic (exact) mass is 314 g/mol. The Labute approximate surface area is 112 Å². The van der Waals surface area contributed by atoms with Crippen LogP contribution in [0, 0.1) is 5.82 Å². The molecule has 0 atom stereocenters. The lowest BCUT2D eigenvalue weighted by Crippen LogP contribution is -2.01. The van der Waals surface area contributed by atoms with Crippen molar-refractivity contribution in [1.29, 1.82) is 0 Å². The molecule has 1 aromatic carbocycles. The van der Waals surface area contributed by atoms with E-state index >= 15 is 0 Å². The highest BCUT2D eigenvalue weighted by atomic mass is 79.9. The topological polar surface area (TPSA) is 24.9 Å². The first-order chi connectivity index (χ1) is 8.15. The molecule has 1 N–H and O–H groups in total. The summed E-state index contributed by atoms with van der Waals surface area (Å²) in [6.07, 6.45) is 1.60. The van der Waals surface area contributed by atoms with E-state index in [4.69, 9.17) is 11.6 Å². The molecule has 0 spiro atoms. The van der Waals surface area contributed by atoms with E-state index in [1.807, 2.05) is 0 Å². The molecule has 0 unspecified atom stereocenters. The van der Waals surface area contributed by atoms with Gasteiger partial charge < -0.3 is 5.32 Å². The van der Waals surface area contributed by atoms with E-state index in [0.29, 0.717) is 17.3 Å². The Morgan fingerprint density at radius 1 is 1.29 bits per heavy atom. The molecule has 0 saturated heterocycles. The molecule has 0 aliphatic carbocycles.